The van der Waals surface area contributed by atoms with E-state index >= 15 is 0 Å². The van der Waals surface area contributed by atoms with E-state index in [0.29, 0.717) is 21.0 Å². The van der Waals surface area contributed by atoms with E-state index in [4.69, 9.17) is 23.2 Å². The van der Waals surface area contributed by atoms with Crippen LogP contribution in [0, 0.1) is 0 Å². The van der Waals surface area contributed by atoms with Crippen molar-refractivity contribution in [2.24, 2.45) is 0 Å². The summed E-state index contributed by atoms with van der Waals surface area (Å²) >= 11 is 13.8. The molecule has 0 radical (unpaired) electrons. The highest BCUT2D eigenvalue weighted by atomic mass is 35.5. The first-order valence-corrected chi connectivity index (χ1v) is 12.0. The monoisotopic (exact) mass is 483 g/mol. The molecule has 3 amide bonds. The Bertz CT molecular complexity index is 952. The minimum atomic E-state index is -0.513. The number of urea groups is 1. The van der Waals surface area contributed by atoms with Crippen LogP contribution in [0.5, 0.6) is 0 Å². The van der Waals surface area contributed by atoms with E-state index in [1.165, 1.54) is 18.2 Å². The third kappa shape index (κ3) is 6.60. The Labute approximate surface area is 196 Å². The maximum atomic E-state index is 12.3. The summed E-state index contributed by atoms with van der Waals surface area (Å²) in [5.74, 6) is 0.328. The summed E-state index contributed by atoms with van der Waals surface area (Å²) in [6.07, 6.45) is 5.51. The van der Waals surface area contributed by atoms with E-state index < -0.39 is 17.5 Å². The van der Waals surface area contributed by atoms with Crippen molar-refractivity contribution >= 4 is 46.9 Å². The highest BCUT2D eigenvalue weighted by Gasteiger charge is 2.25. The van der Waals surface area contributed by atoms with Crippen LogP contribution in [0.3, 0.4) is 0 Å². The van der Waals surface area contributed by atoms with E-state index in [9.17, 15) is 9.59 Å². The van der Waals surface area contributed by atoms with Gasteiger partial charge in [-0.05, 0) is 51.8 Å². The molecule has 0 bridgehead atoms. The molecule has 1 aliphatic carbocycles. The van der Waals surface area contributed by atoms with Gasteiger partial charge in [-0.2, -0.15) is 0 Å². The molecule has 1 heterocycles. The molecular weight excluding hydrogens is 457 g/mol. The summed E-state index contributed by atoms with van der Waals surface area (Å²) in [5.41, 5.74) is 0.329. The van der Waals surface area contributed by atoms with Crippen molar-refractivity contribution in [3.05, 3.63) is 28.2 Å². The van der Waals surface area contributed by atoms with Gasteiger partial charge in [0, 0.05) is 22.2 Å². The molecule has 3 rings (SSSR count). The number of halogens is 2. The molecule has 0 saturated heterocycles. The number of aromatic nitrogens is 3. The molecule has 0 atom stereocenters. The lowest BCUT2D eigenvalue weighted by atomic mass is 9.95. The summed E-state index contributed by atoms with van der Waals surface area (Å²) in [6.45, 7) is 5.55. The largest absolute Gasteiger partial charge is 0.333 e. The molecule has 0 spiro atoms. The lowest BCUT2D eigenvalue weighted by molar-refractivity contribution is -0.117. The van der Waals surface area contributed by atoms with Crippen LogP contribution in [0.2, 0.25) is 10.0 Å². The molecule has 1 aromatic carbocycles. The van der Waals surface area contributed by atoms with Gasteiger partial charge in [-0.1, -0.05) is 54.2 Å². The van der Waals surface area contributed by atoms with E-state index in [1.54, 1.807) is 12.1 Å². The van der Waals surface area contributed by atoms with Gasteiger partial charge in [0.15, 0.2) is 11.0 Å². The topological polar surface area (TPSA) is 88.9 Å². The van der Waals surface area contributed by atoms with Crippen LogP contribution >= 0.6 is 35.0 Å². The van der Waals surface area contributed by atoms with Crippen LogP contribution in [0.4, 0.5) is 4.79 Å². The SMILES string of the molecule is CC(C)(C)NC(=O)NC(=O)CSc1nnc(-c2ccc(Cl)cc2Cl)n1C1CCCCC1. The Morgan fingerprint density at radius 3 is 2.52 bits per heavy atom. The maximum Gasteiger partial charge on any atom is 0.321 e. The normalized spacial score (nSPS) is 15.0. The molecule has 0 unspecified atom stereocenters. The standard InChI is InChI=1S/C21H27Cl2N5O2S/c1-21(2,3)25-19(30)24-17(29)12-31-20-27-26-18(15-10-9-13(22)11-16(15)23)28(20)14-7-5-4-6-8-14/h9-11,14H,4-8,12H2,1-3H3,(H2,24,25,29,30). The van der Waals surface area contributed by atoms with Gasteiger partial charge in [-0.25, -0.2) is 4.79 Å². The van der Waals surface area contributed by atoms with Gasteiger partial charge in [-0.15, -0.1) is 10.2 Å². The van der Waals surface area contributed by atoms with E-state index in [-0.39, 0.29) is 11.8 Å². The molecule has 1 saturated carbocycles. The van der Waals surface area contributed by atoms with E-state index in [2.05, 4.69) is 25.4 Å². The van der Waals surface area contributed by atoms with Crippen molar-refractivity contribution in [1.29, 1.82) is 0 Å². The summed E-state index contributed by atoms with van der Waals surface area (Å²) in [7, 11) is 0. The second-order valence-electron chi connectivity index (χ2n) is 8.63. The molecule has 31 heavy (non-hydrogen) atoms. The summed E-state index contributed by atoms with van der Waals surface area (Å²) < 4.78 is 2.08. The molecule has 10 heteroatoms. The van der Waals surface area contributed by atoms with Crippen LogP contribution in [-0.4, -0.2) is 38.0 Å². The fourth-order valence-corrected chi connectivity index (χ4v) is 4.86. The van der Waals surface area contributed by atoms with Crippen LogP contribution in [0.25, 0.3) is 11.4 Å². The van der Waals surface area contributed by atoms with Crippen molar-refractivity contribution in [3.8, 4) is 11.4 Å². The number of imide groups is 1. The Morgan fingerprint density at radius 2 is 1.87 bits per heavy atom. The average molecular weight is 484 g/mol. The number of benzene rings is 1. The van der Waals surface area contributed by atoms with Gasteiger partial charge in [0.2, 0.25) is 5.91 Å². The van der Waals surface area contributed by atoms with Crippen LogP contribution < -0.4 is 10.6 Å². The fourth-order valence-electron chi connectivity index (χ4n) is 3.56. The second kappa shape index (κ2) is 10.2. The van der Waals surface area contributed by atoms with Crippen molar-refractivity contribution < 1.29 is 9.59 Å². The number of thioether (sulfide) groups is 1. The summed E-state index contributed by atoms with van der Waals surface area (Å²) in [6, 6.07) is 5.02. The first kappa shape index (κ1) is 23.9. The van der Waals surface area contributed by atoms with Crippen molar-refractivity contribution in [1.82, 2.24) is 25.4 Å². The summed E-state index contributed by atoms with van der Waals surface area (Å²) in [4.78, 5) is 24.2. The number of hydrogen-bond acceptors (Lipinski definition) is 5. The van der Waals surface area contributed by atoms with E-state index in [0.717, 1.165) is 31.2 Å². The Balaban J connectivity index is 1.79. The molecule has 2 N–H and O–H groups in total. The van der Waals surface area contributed by atoms with Crippen LogP contribution in [0.1, 0.15) is 58.9 Å². The highest BCUT2D eigenvalue weighted by Crippen LogP contribution is 2.38. The van der Waals surface area contributed by atoms with E-state index in [1.807, 2.05) is 26.8 Å². The number of amides is 3. The number of rotatable bonds is 5. The predicted molar refractivity (Wildman–Crippen MR) is 125 cm³/mol. The first-order chi connectivity index (χ1) is 14.6. The predicted octanol–water partition coefficient (Wildman–Crippen LogP) is 5.47. The number of hydrogen-bond donors (Lipinski definition) is 2. The van der Waals surface area contributed by atoms with Crippen LogP contribution in [-0.2, 0) is 4.79 Å². The molecule has 1 fully saturated rings. The fraction of sp³-hybridized carbons (Fsp3) is 0.524. The third-order valence-corrected chi connectivity index (χ3v) is 6.34. The third-order valence-electron chi connectivity index (χ3n) is 4.85. The minimum Gasteiger partial charge on any atom is -0.333 e. The molecule has 168 valence electrons. The van der Waals surface area contributed by atoms with Gasteiger partial charge in [0.1, 0.15) is 0 Å². The zero-order valence-corrected chi connectivity index (χ0v) is 20.2. The molecule has 1 aromatic heterocycles. The first-order valence-electron chi connectivity index (χ1n) is 10.3. The minimum absolute atomic E-state index is 0.0523. The van der Waals surface area contributed by atoms with Crippen molar-refractivity contribution in [2.45, 2.75) is 69.6 Å². The Kier molecular flexibility index (Phi) is 7.88. The highest BCUT2D eigenvalue weighted by molar-refractivity contribution is 7.99. The van der Waals surface area contributed by atoms with Crippen molar-refractivity contribution in [3.63, 3.8) is 0 Å². The maximum absolute atomic E-state index is 12.3. The number of carbonyl (C=O) groups is 2. The quantitative estimate of drug-likeness (QED) is 0.549. The Hall–Kier alpha value is -1.77. The van der Waals surface area contributed by atoms with Crippen molar-refractivity contribution in [2.75, 3.05) is 5.75 Å². The van der Waals surface area contributed by atoms with Gasteiger partial charge < -0.3 is 5.32 Å². The lowest BCUT2D eigenvalue weighted by Crippen LogP contribution is -2.48. The smallest absolute Gasteiger partial charge is 0.321 e. The molecule has 1 aliphatic rings. The van der Waals surface area contributed by atoms with Crippen LogP contribution in [0.15, 0.2) is 23.4 Å². The van der Waals surface area contributed by atoms with Gasteiger partial charge in [-0.3, -0.25) is 14.7 Å². The zero-order chi connectivity index (χ0) is 22.6. The number of nitrogens with one attached hydrogen (secondary N) is 2. The van der Waals surface area contributed by atoms with Gasteiger partial charge in [0.25, 0.3) is 0 Å². The second-order valence-corrected chi connectivity index (χ2v) is 10.4. The molecular formula is C21H27Cl2N5O2S. The zero-order valence-electron chi connectivity index (χ0n) is 17.9. The van der Waals surface area contributed by atoms with Gasteiger partial charge >= 0.3 is 6.03 Å². The summed E-state index contributed by atoms with van der Waals surface area (Å²) in [5, 5.41) is 15.5. The molecule has 7 nitrogen and oxygen atoms in total. The number of nitrogens with zero attached hydrogens (tertiary/aromatic N) is 3. The molecule has 2 aromatic rings. The molecule has 0 aliphatic heterocycles. The number of carbonyl (C=O) groups excluding carboxylic acids is 2. The van der Waals surface area contributed by atoms with Gasteiger partial charge in [0.05, 0.1) is 10.8 Å². The lowest BCUT2D eigenvalue weighted by Gasteiger charge is -2.25. The average Bonchev–Trinajstić information content (AvgIpc) is 3.09. The Morgan fingerprint density at radius 1 is 1.16 bits per heavy atom.